The van der Waals surface area contributed by atoms with E-state index in [1.54, 1.807) is 11.3 Å². The summed E-state index contributed by atoms with van der Waals surface area (Å²) in [6, 6.07) is 0.635. The van der Waals surface area contributed by atoms with Gasteiger partial charge in [0.1, 0.15) is 16.7 Å². The molecule has 6 heteroatoms. The molecule has 0 unspecified atom stereocenters. The minimum atomic E-state index is 0.0765. The number of nitrogens with one attached hydrogen (secondary N) is 1. The third-order valence-electron chi connectivity index (χ3n) is 4.67. The van der Waals surface area contributed by atoms with Crippen molar-refractivity contribution in [2.75, 3.05) is 0 Å². The van der Waals surface area contributed by atoms with Crippen molar-refractivity contribution in [3.05, 3.63) is 27.7 Å². The van der Waals surface area contributed by atoms with Gasteiger partial charge in [-0.1, -0.05) is 0 Å². The molecule has 2 heterocycles. The maximum absolute atomic E-state index is 4.71. The first-order chi connectivity index (χ1) is 10.2. The standard InChI is InChI=1S/C15H21N5S/c1-10-9-21-14(17-10)15(6-3-7-15)16-8-13-19-18-11(2)20(13)12-4-5-12/h9,12,16H,3-8H2,1-2H3. The highest BCUT2D eigenvalue weighted by molar-refractivity contribution is 7.09. The van der Waals surface area contributed by atoms with E-state index in [1.165, 1.54) is 37.1 Å². The van der Waals surface area contributed by atoms with Gasteiger partial charge in [-0.15, -0.1) is 21.5 Å². The van der Waals surface area contributed by atoms with Crippen molar-refractivity contribution in [1.29, 1.82) is 0 Å². The number of aromatic nitrogens is 4. The fourth-order valence-corrected chi connectivity index (χ4v) is 4.19. The number of aryl methyl sites for hydroxylation is 2. The van der Waals surface area contributed by atoms with Crippen molar-refractivity contribution in [1.82, 2.24) is 25.1 Å². The molecule has 21 heavy (non-hydrogen) atoms. The fraction of sp³-hybridized carbons (Fsp3) is 0.667. The first kappa shape index (κ1) is 13.4. The van der Waals surface area contributed by atoms with Crippen molar-refractivity contribution < 1.29 is 0 Å². The van der Waals surface area contributed by atoms with Gasteiger partial charge in [-0.25, -0.2) is 4.98 Å². The maximum Gasteiger partial charge on any atom is 0.147 e. The van der Waals surface area contributed by atoms with Crippen molar-refractivity contribution in [2.24, 2.45) is 0 Å². The van der Waals surface area contributed by atoms with Crippen LogP contribution in [-0.2, 0) is 12.1 Å². The SMILES string of the molecule is Cc1csc(C2(NCc3nnc(C)n3C3CC3)CCC2)n1. The monoisotopic (exact) mass is 303 g/mol. The van der Waals surface area contributed by atoms with E-state index in [0.29, 0.717) is 6.04 Å². The van der Waals surface area contributed by atoms with Crippen LogP contribution in [0.5, 0.6) is 0 Å². The lowest BCUT2D eigenvalue weighted by Gasteiger charge is -2.41. The first-order valence-corrected chi connectivity index (χ1v) is 8.64. The topological polar surface area (TPSA) is 55.6 Å². The Morgan fingerprint density at radius 3 is 2.71 bits per heavy atom. The molecule has 1 N–H and O–H groups in total. The zero-order valence-electron chi connectivity index (χ0n) is 12.6. The van der Waals surface area contributed by atoms with Crippen LogP contribution in [0.3, 0.4) is 0 Å². The Labute approximate surface area is 128 Å². The summed E-state index contributed by atoms with van der Waals surface area (Å²) in [5, 5.41) is 15.8. The Kier molecular flexibility index (Phi) is 3.11. The van der Waals surface area contributed by atoms with Crippen LogP contribution in [0.4, 0.5) is 0 Å². The zero-order chi connectivity index (χ0) is 14.4. The molecule has 0 spiro atoms. The predicted octanol–water partition coefficient (Wildman–Crippen LogP) is 2.86. The highest BCUT2D eigenvalue weighted by Gasteiger charge is 2.41. The van der Waals surface area contributed by atoms with Crippen LogP contribution in [-0.4, -0.2) is 19.7 Å². The molecule has 0 bridgehead atoms. The molecule has 0 aliphatic heterocycles. The van der Waals surface area contributed by atoms with Crippen LogP contribution < -0.4 is 5.32 Å². The lowest BCUT2D eigenvalue weighted by atomic mass is 9.77. The van der Waals surface area contributed by atoms with Gasteiger partial charge in [0.2, 0.25) is 0 Å². The molecule has 0 aromatic carbocycles. The number of hydrogen-bond acceptors (Lipinski definition) is 5. The van der Waals surface area contributed by atoms with E-state index in [1.807, 2.05) is 0 Å². The lowest BCUT2D eigenvalue weighted by Crippen LogP contribution is -2.48. The summed E-state index contributed by atoms with van der Waals surface area (Å²) in [5.41, 5.74) is 1.20. The van der Waals surface area contributed by atoms with E-state index >= 15 is 0 Å². The van der Waals surface area contributed by atoms with E-state index in [9.17, 15) is 0 Å². The normalized spacial score (nSPS) is 20.5. The summed E-state index contributed by atoms with van der Waals surface area (Å²) in [5.74, 6) is 2.12. The van der Waals surface area contributed by atoms with Crippen molar-refractivity contribution >= 4 is 11.3 Å². The maximum atomic E-state index is 4.71. The first-order valence-electron chi connectivity index (χ1n) is 7.76. The van der Waals surface area contributed by atoms with Crippen LogP contribution in [0.15, 0.2) is 5.38 Å². The third kappa shape index (κ3) is 2.30. The molecule has 2 aliphatic rings. The largest absolute Gasteiger partial charge is 0.311 e. The van der Waals surface area contributed by atoms with Crippen LogP contribution in [0, 0.1) is 13.8 Å². The molecule has 5 nitrogen and oxygen atoms in total. The molecule has 0 amide bonds. The highest BCUT2D eigenvalue weighted by Crippen LogP contribution is 2.43. The fourth-order valence-electron chi connectivity index (χ4n) is 3.16. The van der Waals surface area contributed by atoms with Gasteiger partial charge in [0.15, 0.2) is 0 Å². The van der Waals surface area contributed by atoms with E-state index < -0.39 is 0 Å². The van der Waals surface area contributed by atoms with Crippen molar-refractivity contribution in [3.63, 3.8) is 0 Å². The number of nitrogens with zero attached hydrogens (tertiary/aromatic N) is 4. The molecule has 2 aliphatic carbocycles. The summed E-state index contributed by atoms with van der Waals surface area (Å²) < 4.78 is 2.31. The van der Waals surface area contributed by atoms with E-state index in [4.69, 9.17) is 4.98 Å². The molecule has 112 valence electrons. The van der Waals surface area contributed by atoms with Gasteiger partial charge in [-0.3, -0.25) is 5.32 Å². The molecule has 2 fully saturated rings. The summed E-state index contributed by atoms with van der Waals surface area (Å²) in [6.45, 7) is 4.91. The Hall–Kier alpha value is -1.27. The smallest absolute Gasteiger partial charge is 0.147 e. The second kappa shape index (κ2) is 4.88. The summed E-state index contributed by atoms with van der Waals surface area (Å²) in [6.07, 6.45) is 6.17. The van der Waals surface area contributed by atoms with Gasteiger partial charge in [0.05, 0.1) is 12.1 Å². The second-order valence-electron chi connectivity index (χ2n) is 6.35. The summed E-state index contributed by atoms with van der Waals surface area (Å²) >= 11 is 1.78. The van der Waals surface area contributed by atoms with Gasteiger partial charge >= 0.3 is 0 Å². The van der Waals surface area contributed by atoms with Crippen molar-refractivity contribution in [2.45, 2.75) is 64.1 Å². The van der Waals surface area contributed by atoms with Gasteiger partial charge in [0.25, 0.3) is 0 Å². The Morgan fingerprint density at radius 2 is 2.14 bits per heavy atom. The van der Waals surface area contributed by atoms with Gasteiger partial charge < -0.3 is 4.57 Å². The van der Waals surface area contributed by atoms with Crippen molar-refractivity contribution in [3.8, 4) is 0 Å². The molecular formula is C15H21N5S. The summed E-state index contributed by atoms with van der Waals surface area (Å²) in [7, 11) is 0. The van der Waals surface area contributed by atoms with Crippen LogP contribution in [0.1, 0.15) is 60.5 Å². The van der Waals surface area contributed by atoms with Crippen LogP contribution in [0.2, 0.25) is 0 Å². The quantitative estimate of drug-likeness (QED) is 0.923. The third-order valence-corrected chi connectivity index (χ3v) is 5.83. The molecule has 2 aromatic heterocycles. The van der Waals surface area contributed by atoms with Gasteiger partial charge in [-0.05, 0) is 46.0 Å². The van der Waals surface area contributed by atoms with E-state index in [-0.39, 0.29) is 5.54 Å². The van der Waals surface area contributed by atoms with Crippen LogP contribution in [0.25, 0.3) is 0 Å². The number of thiazole rings is 1. The molecule has 2 aromatic rings. The molecule has 0 radical (unpaired) electrons. The molecule has 2 saturated carbocycles. The predicted molar refractivity (Wildman–Crippen MR) is 82.2 cm³/mol. The highest BCUT2D eigenvalue weighted by atomic mass is 32.1. The Bertz CT molecular complexity index is 651. The Balaban J connectivity index is 1.53. The zero-order valence-corrected chi connectivity index (χ0v) is 13.4. The molecule has 0 atom stereocenters. The average Bonchev–Trinajstić information content (AvgIpc) is 3.05. The average molecular weight is 303 g/mol. The van der Waals surface area contributed by atoms with Crippen LogP contribution >= 0.6 is 11.3 Å². The van der Waals surface area contributed by atoms with Gasteiger partial charge in [0, 0.05) is 17.1 Å². The minimum Gasteiger partial charge on any atom is -0.311 e. The lowest BCUT2D eigenvalue weighted by molar-refractivity contribution is 0.180. The molecule has 4 rings (SSSR count). The van der Waals surface area contributed by atoms with Gasteiger partial charge in [-0.2, -0.15) is 0 Å². The molecular weight excluding hydrogens is 282 g/mol. The van der Waals surface area contributed by atoms with E-state index in [2.05, 4.69) is 39.3 Å². The Morgan fingerprint density at radius 1 is 1.33 bits per heavy atom. The number of rotatable bonds is 5. The van der Waals surface area contributed by atoms with E-state index in [0.717, 1.165) is 23.9 Å². The number of hydrogen-bond donors (Lipinski definition) is 1. The second-order valence-corrected chi connectivity index (χ2v) is 7.21. The summed E-state index contributed by atoms with van der Waals surface area (Å²) in [4.78, 5) is 4.71. The molecule has 0 saturated heterocycles. The minimum absolute atomic E-state index is 0.0765.